The summed E-state index contributed by atoms with van der Waals surface area (Å²) in [6.07, 6.45) is 0.257. The summed E-state index contributed by atoms with van der Waals surface area (Å²) in [4.78, 5) is 24.8. The Morgan fingerprint density at radius 2 is 2.11 bits per heavy atom. The van der Waals surface area contributed by atoms with Gasteiger partial charge in [-0.1, -0.05) is 24.3 Å². The molecule has 1 aromatic carbocycles. The average molecular weight is 262 g/mol. The Morgan fingerprint density at radius 1 is 1.37 bits per heavy atom. The Labute approximate surface area is 111 Å². The van der Waals surface area contributed by atoms with Crippen LogP contribution in [0.5, 0.6) is 0 Å². The number of carbonyl (C=O) groups is 2. The molecule has 2 amide bonds. The summed E-state index contributed by atoms with van der Waals surface area (Å²) >= 11 is 0. The van der Waals surface area contributed by atoms with Crippen LogP contribution in [0.3, 0.4) is 0 Å². The maximum absolute atomic E-state index is 11.4. The van der Waals surface area contributed by atoms with Crippen molar-refractivity contribution in [1.29, 1.82) is 0 Å². The second-order valence-corrected chi connectivity index (χ2v) is 4.57. The zero-order valence-corrected chi connectivity index (χ0v) is 10.7. The minimum absolute atomic E-state index is 0.0448. The molecule has 1 aromatic rings. The predicted molar refractivity (Wildman–Crippen MR) is 70.8 cm³/mol. The van der Waals surface area contributed by atoms with Crippen LogP contribution in [-0.2, 0) is 22.6 Å². The van der Waals surface area contributed by atoms with Crippen LogP contribution in [0.1, 0.15) is 11.1 Å². The quantitative estimate of drug-likeness (QED) is 0.375. The minimum atomic E-state index is -0.219. The van der Waals surface area contributed by atoms with Crippen LogP contribution >= 0.6 is 0 Å². The lowest BCUT2D eigenvalue weighted by atomic mass is 10.0. The van der Waals surface area contributed by atoms with Crippen LogP contribution in [0, 0.1) is 0 Å². The van der Waals surface area contributed by atoms with Gasteiger partial charge in [0.05, 0.1) is 13.0 Å². The number of hydrazine groups is 1. The Kier molecular flexibility index (Phi) is 4.48. The number of nitrogens with one attached hydrogen (secondary N) is 2. The molecule has 1 saturated heterocycles. The van der Waals surface area contributed by atoms with Gasteiger partial charge in [-0.2, -0.15) is 0 Å². The van der Waals surface area contributed by atoms with Crippen molar-refractivity contribution in [3.8, 4) is 0 Å². The molecule has 0 spiro atoms. The topological polar surface area (TPSA) is 87.5 Å². The lowest BCUT2D eigenvalue weighted by Gasteiger charge is -2.27. The largest absolute Gasteiger partial charge is 0.354 e. The van der Waals surface area contributed by atoms with Crippen LogP contribution in [0.2, 0.25) is 0 Å². The second kappa shape index (κ2) is 6.31. The molecule has 1 aliphatic rings. The fourth-order valence-corrected chi connectivity index (χ4v) is 2.18. The molecule has 0 aliphatic carbocycles. The molecule has 0 saturated carbocycles. The molecule has 0 bridgehead atoms. The standard InChI is InChI=1S/C13H18N4O2/c14-16-12(18)7-10-3-1-2-4-11(10)8-17-6-5-15-13(19)9-17/h1-4H,5-9,14H2,(H,15,19)(H,16,18). The Hall–Kier alpha value is -1.92. The van der Waals surface area contributed by atoms with Crippen molar-refractivity contribution >= 4 is 11.8 Å². The fourth-order valence-electron chi connectivity index (χ4n) is 2.18. The third-order valence-electron chi connectivity index (χ3n) is 3.14. The molecule has 1 fully saturated rings. The molecule has 0 aromatic heterocycles. The van der Waals surface area contributed by atoms with E-state index in [0.29, 0.717) is 19.6 Å². The van der Waals surface area contributed by atoms with E-state index in [4.69, 9.17) is 5.84 Å². The normalized spacial score (nSPS) is 15.9. The predicted octanol–water partition coefficient (Wildman–Crippen LogP) is -0.849. The molecular formula is C13H18N4O2. The number of nitrogens with zero attached hydrogens (tertiary/aromatic N) is 1. The molecule has 6 nitrogen and oxygen atoms in total. The van der Waals surface area contributed by atoms with Crippen molar-refractivity contribution in [3.63, 3.8) is 0 Å². The summed E-state index contributed by atoms with van der Waals surface area (Å²) in [5.74, 6) is 4.94. The second-order valence-electron chi connectivity index (χ2n) is 4.57. The summed E-state index contributed by atoms with van der Waals surface area (Å²) in [6, 6.07) is 7.72. The van der Waals surface area contributed by atoms with E-state index in [9.17, 15) is 9.59 Å². The highest BCUT2D eigenvalue weighted by atomic mass is 16.2. The minimum Gasteiger partial charge on any atom is -0.354 e. The van der Waals surface area contributed by atoms with E-state index in [2.05, 4.69) is 15.6 Å². The summed E-state index contributed by atoms with van der Waals surface area (Å²) in [6.45, 7) is 2.56. The van der Waals surface area contributed by atoms with Gasteiger partial charge in [-0.25, -0.2) is 5.84 Å². The van der Waals surface area contributed by atoms with E-state index in [1.54, 1.807) is 0 Å². The van der Waals surface area contributed by atoms with E-state index in [-0.39, 0.29) is 18.2 Å². The van der Waals surface area contributed by atoms with Gasteiger partial charge < -0.3 is 5.32 Å². The van der Waals surface area contributed by atoms with Gasteiger partial charge in [0, 0.05) is 19.6 Å². The van der Waals surface area contributed by atoms with Gasteiger partial charge in [0.25, 0.3) is 0 Å². The zero-order chi connectivity index (χ0) is 13.7. The fraction of sp³-hybridized carbons (Fsp3) is 0.385. The number of hydrogen-bond donors (Lipinski definition) is 3. The van der Waals surface area contributed by atoms with Gasteiger partial charge in [-0.3, -0.25) is 19.9 Å². The number of carbonyl (C=O) groups excluding carboxylic acids is 2. The number of nitrogens with two attached hydrogens (primary N) is 1. The highest BCUT2D eigenvalue weighted by Crippen LogP contribution is 2.13. The van der Waals surface area contributed by atoms with Crippen LogP contribution in [0.15, 0.2) is 24.3 Å². The molecule has 4 N–H and O–H groups in total. The molecule has 1 aliphatic heterocycles. The van der Waals surface area contributed by atoms with Crippen molar-refractivity contribution in [1.82, 2.24) is 15.6 Å². The third kappa shape index (κ3) is 3.77. The number of benzene rings is 1. The van der Waals surface area contributed by atoms with Gasteiger partial charge in [-0.05, 0) is 11.1 Å². The number of hydrogen-bond acceptors (Lipinski definition) is 4. The molecule has 1 heterocycles. The van der Waals surface area contributed by atoms with E-state index in [0.717, 1.165) is 17.7 Å². The molecule has 6 heteroatoms. The highest BCUT2D eigenvalue weighted by molar-refractivity contribution is 5.79. The van der Waals surface area contributed by atoms with Crippen molar-refractivity contribution in [2.45, 2.75) is 13.0 Å². The molecule has 102 valence electrons. The van der Waals surface area contributed by atoms with E-state index in [1.807, 2.05) is 24.3 Å². The average Bonchev–Trinajstić information content (AvgIpc) is 2.41. The van der Waals surface area contributed by atoms with Crippen molar-refractivity contribution in [2.75, 3.05) is 19.6 Å². The molecule has 2 rings (SSSR count). The monoisotopic (exact) mass is 262 g/mol. The summed E-state index contributed by atoms with van der Waals surface area (Å²) in [7, 11) is 0. The van der Waals surface area contributed by atoms with Gasteiger partial charge in [-0.15, -0.1) is 0 Å². The number of amides is 2. The first kappa shape index (κ1) is 13.5. The van der Waals surface area contributed by atoms with E-state index < -0.39 is 0 Å². The Morgan fingerprint density at radius 3 is 2.79 bits per heavy atom. The van der Waals surface area contributed by atoms with Crippen LogP contribution in [-0.4, -0.2) is 36.3 Å². The zero-order valence-electron chi connectivity index (χ0n) is 10.7. The van der Waals surface area contributed by atoms with Gasteiger partial charge in [0.2, 0.25) is 11.8 Å². The van der Waals surface area contributed by atoms with Gasteiger partial charge in [0.15, 0.2) is 0 Å². The molecule has 0 radical (unpaired) electrons. The number of rotatable bonds is 4. The molecule has 19 heavy (non-hydrogen) atoms. The smallest absolute Gasteiger partial charge is 0.238 e. The summed E-state index contributed by atoms with van der Waals surface area (Å²) in [5, 5.41) is 2.79. The highest BCUT2D eigenvalue weighted by Gasteiger charge is 2.17. The SMILES string of the molecule is NNC(=O)Cc1ccccc1CN1CCNC(=O)C1. The Bertz CT molecular complexity index is 475. The summed E-state index contributed by atoms with van der Waals surface area (Å²) < 4.78 is 0. The maximum atomic E-state index is 11.4. The molecule has 0 unspecified atom stereocenters. The first-order valence-electron chi connectivity index (χ1n) is 6.24. The van der Waals surface area contributed by atoms with Crippen molar-refractivity contribution < 1.29 is 9.59 Å². The van der Waals surface area contributed by atoms with Crippen molar-refractivity contribution in [2.24, 2.45) is 5.84 Å². The first-order valence-corrected chi connectivity index (χ1v) is 6.24. The molecule has 0 atom stereocenters. The lowest BCUT2D eigenvalue weighted by Crippen LogP contribution is -2.47. The number of piperazine rings is 1. The molecular weight excluding hydrogens is 244 g/mol. The Balaban J connectivity index is 2.06. The van der Waals surface area contributed by atoms with E-state index in [1.165, 1.54) is 0 Å². The van der Waals surface area contributed by atoms with Gasteiger partial charge in [0.1, 0.15) is 0 Å². The van der Waals surface area contributed by atoms with Crippen molar-refractivity contribution in [3.05, 3.63) is 35.4 Å². The van der Waals surface area contributed by atoms with Crippen LogP contribution < -0.4 is 16.6 Å². The summed E-state index contributed by atoms with van der Waals surface area (Å²) in [5.41, 5.74) is 4.13. The van der Waals surface area contributed by atoms with E-state index >= 15 is 0 Å². The maximum Gasteiger partial charge on any atom is 0.238 e. The van der Waals surface area contributed by atoms with Gasteiger partial charge >= 0.3 is 0 Å². The lowest BCUT2D eigenvalue weighted by molar-refractivity contribution is -0.124. The third-order valence-corrected chi connectivity index (χ3v) is 3.14. The van der Waals surface area contributed by atoms with Crippen LogP contribution in [0.25, 0.3) is 0 Å². The van der Waals surface area contributed by atoms with Crippen LogP contribution in [0.4, 0.5) is 0 Å². The first-order chi connectivity index (χ1) is 9.19.